The van der Waals surface area contributed by atoms with Crippen molar-refractivity contribution >= 4 is 27.3 Å². The molecule has 2 amide bonds. The molecule has 7 heteroatoms. The van der Waals surface area contributed by atoms with Gasteiger partial charge < -0.3 is 10.2 Å². The summed E-state index contributed by atoms with van der Waals surface area (Å²) < 4.78 is 22.8. The second-order valence-corrected chi connectivity index (χ2v) is 8.40. The first kappa shape index (κ1) is 16.0. The Morgan fingerprint density at radius 1 is 1.26 bits per heavy atom. The lowest BCUT2D eigenvalue weighted by Crippen LogP contribution is -2.30. The van der Waals surface area contributed by atoms with E-state index in [2.05, 4.69) is 5.32 Å². The fourth-order valence-electron chi connectivity index (χ4n) is 3.09. The summed E-state index contributed by atoms with van der Waals surface area (Å²) in [5, 5.41) is 2.79. The number of anilines is 1. The van der Waals surface area contributed by atoms with Crippen LogP contribution >= 0.6 is 0 Å². The number of carbonyl (C=O) groups excluding carboxylic acids is 2. The highest BCUT2D eigenvalue weighted by atomic mass is 32.2. The maximum absolute atomic E-state index is 12.1. The highest BCUT2D eigenvalue weighted by molar-refractivity contribution is 7.91. The number of rotatable bonds is 4. The summed E-state index contributed by atoms with van der Waals surface area (Å²) in [5.41, 5.74) is 1.33. The second-order valence-electron chi connectivity index (χ2n) is 6.17. The van der Waals surface area contributed by atoms with Gasteiger partial charge in [-0.25, -0.2) is 8.42 Å². The Balaban J connectivity index is 1.56. The predicted molar refractivity (Wildman–Crippen MR) is 87.1 cm³/mol. The van der Waals surface area contributed by atoms with E-state index in [1.807, 2.05) is 0 Å². The van der Waals surface area contributed by atoms with Crippen LogP contribution in [0.25, 0.3) is 0 Å². The fraction of sp³-hybridized carbons (Fsp3) is 0.500. The molecule has 0 saturated carbocycles. The summed E-state index contributed by atoms with van der Waals surface area (Å²) in [4.78, 5) is 25.5. The largest absolute Gasteiger partial charge is 0.352 e. The average molecular weight is 336 g/mol. The summed E-state index contributed by atoms with van der Waals surface area (Å²) in [7, 11) is -2.92. The Hall–Kier alpha value is -1.89. The van der Waals surface area contributed by atoms with Gasteiger partial charge in [-0.1, -0.05) is 0 Å². The van der Waals surface area contributed by atoms with E-state index in [4.69, 9.17) is 0 Å². The van der Waals surface area contributed by atoms with E-state index in [0.29, 0.717) is 24.9 Å². The molecule has 0 aliphatic carbocycles. The molecule has 1 aromatic carbocycles. The molecule has 1 N–H and O–H groups in total. The number of nitrogens with one attached hydrogen (secondary N) is 1. The molecule has 23 heavy (non-hydrogen) atoms. The van der Waals surface area contributed by atoms with Crippen LogP contribution < -0.4 is 10.2 Å². The third-order valence-electron chi connectivity index (χ3n) is 4.39. The minimum Gasteiger partial charge on any atom is -0.352 e. The van der Waals surface area contributed by atoms with Gasteiger partial charge in [-0.3, -0.25) is 9.59 Å². The molecule has 2 heterocycles. The molecule has 0 spiro atoms. The van der Waals surface area contributed by atoms with E-state index in [1.54, 1.807) is 29.2 Å². The Morgan fingerprint density at radius 3 is 2.57 bits per heavy atom. The van der Waals surface area contributed by atoms with Crippen LogP contribution in [0.1, 0.15) is 29.6 Å². The smallest absolute Gasteiger partial charge is 0.251 e. The summed E-state index contributed by atoms with van der Waals surface area (Å²) >= 11 is 0. The molecule has 124 valence electrons. The van der Waals surface area contributed by atoms with E-state index in [9.17, 15) is 18.0 Å². The SMILES string of the molecule is O=C(NCC1CCS(=O)(=O)C1)c1ccc(N2CCCC2=O)cc1. The van der Waals surface area contributed by atoms with Crippen LogP contribution in [0.3, 0.4) is 0 Å². The van der Waals surface area contributed by atoms with Gasteiger partial charge in [-0.15, -0.1) is 0 Å². The predicted octanol–water partition coefficient (Wildman–Crippen LogP) is 0.978. The number of benzene rings is 1. The van der Waals surface area contributed by atoms with Gasteiger partial charge in [0.1, 0.15) is 0 Å². The van der Waals surface area contributed by atoms with Crippen molar-refractivity contribution in [3.05, 3.63) is 29.8 Å². The molecule has 2 aliphatic heterocycles. The van der Waals surface area contributed by atoms with Crippen molar-refractivity contribution in [3.8, 4) is 0 Å². The van der Waals surface area contributed by atoms with Crippen LogP contribution in [0.4, 0.5) is 5.69 Å². The highest BCUT2D eigenvalue weighted by Gasteiger charge is 2.28. The van der Waals surface area contributed by atoms with Crippen LogP contribution in [0.15, 0.2) is 24.3 Å². The van der Waals surface area contributed by atoms with E-state index < -0.39 is 9.84 Å². The van der Waals surface area contributed by atoms with Crippen LogP contribution in [0.2, 0.25) is 0 Å². The first-order valence-electron chi connectivity index (χ1n) is 7.84. The van der Waals surface area contributed by atoms with Crippen molar-refractivity contribution in [2.24, 2.45) is 5.92 Å². The zero-order valence-corrected chi connectivity index (χ0v) is 13.6. The third-order valence-corrected chi connectivity index (χ3v) is 6.23. The van der Waals surface area contributed by atoms with Crippen LogP contribution in [-0.2, 0) is 14.6 Å². The minimum atomic E-state index is -2.92. The third kappa shape index (κ3) is 3.72. The molecule has 2 saturated heterocycles. The Morgan fingerprint density at radius 2 is 2.00 bits per heavy atom. The Bertz CT molecular complexity index is 712. The van der Waals surface area contributed by atoms with Gasteiger partial charge in [0.2, 0.25) is 5.91 Å². The van der Waals surface area contributed by atoms with E-state index in [1.165, 1.54) is 0 Å². The molecule has 1 atom stereocenters. The lowest BCUT2D eigenvalue weighted by molar-refractivity contribution is -0.117. The van der Waals surface area contributed by atoms with Crippen molar-refractivity contribution in [2.45, 2.75) is 19.3 Å². The molecule has 1 unspecified atom stereocenters. The monoisotopic (exact) mass is 336 g/mol. The number of nitrogens with zero attached hydrogens (tertiary/aromatic N) is 1. The Kier molecular flexibility index (Phi) is 4.39. The number of hydrogen-bond donors (Lipinski definition) is 1. The fourth-order valence-corrected chi connectivity index (χ4v) is 4.95. The van der Waals surface area contributed by atoms with Crippen molar-refractivity contribution in [2.75, 3.05) is 29.5 Å². The molecule has 2 fully saturated rings. The molecule has 0 aromatic heterocycles. The van der Waals surface area contributed by atoms with Crippen LogP contribution in [0.5, 0.6) is 0 Å². The summed E-state index contributed by atoms with van der Waals surface area (Å²) in [5.74, 6) is 0.277. The maximum atomic E-state index is 12.1. The zero-order valence-electron chi connectivity index (χ0n) is 12.8. The van der Waals surface area contributed by atoms with Gasteiger partial charge in [0, 0.05) is 30.8 Å². The standard InChI is InChI=1S/C16H20N2O4S/c19-15-2-1-8-18(15)14-5-3-13(4-6-14)16(20)17-10-12-7-9-23(21,22)11-12/h3-6,12H,1-2,7-11H2,(H,17,20). The topological polar surface area (TPSA) is 83.6 Å². The van der Waals surface area contributed by atoms with Crippen molar-refractivity contribution in [1.82, 2.24) is 5.32 Å². The van der Waals surface area contributed by atoms with Gasteiger partial charge in [0.25, 0.3) is 5.91 Å². The lowest BCUT2D eigenvalue weighted by Gasteiger charge is -2.16. The maximum Gasteiger partial charge on any atom is 0.251 e. The average Bonchev–Trinajstić information content (AvgIpc) is 3.10. The number of carbonyl (C=O) groups is 2. The molecule has 2 aliphatic rings. The van der Waals surface area contributed by atoms with Crippen LogP contribution in [0, 0.1) is 5.92 Å². The molecule has 3 rings (SSSR count). The summed E-state index contributed by atoms with van der Waals surface area (Å²) in [6.07, 6.45) is 2.05. The van der Waals surface area contributed by atoms with Crippen LogP contribution in [-0.4, -0.2) is 44.8 Å². The minimum absolute atomic E-state index is 0.00504. The van der Waals surface area contributed by atoms with Gasteiger partial charge in [-0.05, 0) is 43.0 Å². The zero-order chi connectivity index (χ0) is 16.4. The normalized spacial score (nSPS) is 23.2. The second kappa shape index (κ2) is 6.31. The number of hydrogen-bond acceptors (Lipinski definition) is 4. The Labute approximate surface area is 135 Å². The molecule has 6 nitrogen and oxygen atoms in total. The summed E-state index contributed by atoms with van der Waals surface area (Å²) in [6.45, 7) is 1.10. The number of amides is 2. The van der Waals surface area contributed by atoms with Crippen molar-refractivity contribution < 1.29 is 18.0 Å². The lowest BCUT2D eigenvalue weighted by atomic mass is 10.1. The molecule has 0 bridgehead atoms. The van der Waals surface area contributed by atoms with Gasteiger partial charge >= 0.3 is 0 Å². The first-order chi connectivity index (χ1) is 10.9. The van der Waals surface area contributed by atoms with Crippen molar-refractivity contribution in [1.29, 1.82) is 0 Å². The van der Waals surface area contributed by atoms with Gasteiger partial charge in [0.05, 0.1) is 11.5 Å². The quantitative estimate of drug-likeness (QED) is 0.888. The molecule has 1 aromatic rings. The van der Waals surface area contributed by atoms with Gasteiger partial charge in [-0.2, -0.15) is 0 Å². The van der Waals surface area contributed by atoms with Crippen molar-refractivity contribution in [3.63, 3.8) is 0 Å². The van der Waals surface area contributed by atoms with E-state index >= 15 is 0 Å². The first-order valence-corrected chi connectivity index (χ1v) is 9.66. The summed E-state index contributed by atoms with van der Waals surface area (Å²) in [6, 6.07) is 6.94. The van der Waals surface area contributed by atoms with E-state index in [0.717, 1.165) is 18.7 Å². The number of sulfone groups is 1. The molecular weight excluding hydrogens is 316 g/mol. The van der Waals surface area contributed by atoms with E-state index in [-0.39, 0.29) is 29.2 Å². The van der Waals surface area contributed by atoms with Gasteiger partial charge in [0.15, 0.2) is 9.84 Å². The highest BCUT2D eigenvalue weighted by Crippen LogP contribution is 2.22. The molecule has 0 radical (unpaired) electrons. The molecular formula is C16H20N2O4S.